The summed E-state index contributed by atoms with van der Waals surface area (Å²) >= 11 is 0. The van der Waals surface area contributed by atoms with E-state index >= 15 is 0 Å². The van der Waals surface area contributed by atoms with E-state index in [-0.39, 0.29) is 26.4 Å². The molecule has 0 amide bonds. The molecule has 0 fully saturated rings. The predicted molar refractivity (Wildman–Crippen MR) is 170 cm³/mol. The van der Waals surface area contributed by atoms with Gasteiger partial charge in [-0.2, -0.15) is 0 Å². The summed E-state index contributed by atoms with van der Waals surface area (Å²) < 4.78 is 31.9. The lowest BCUT2D eigenvalue weighted by molar-refractivity contribution is -0.186. The zero-order chi connectivity index (χ0) is 30.7. The van der Waals surface area contributed by atoms with E-state index in [2.05, 4.69) is 11.1 Å². The Morgan fingerprint density at radius 1 is 0.591 bits per heavy atom. The Morgan fingerprint density at radius 2 is 1.02 bits per heavy atom. The largest absolute Gasteiger partial charge is 0.411 e. The quantitative estimate of drug-likeness (QED) is 0.0584. The summed E-state index contributed by atoms with van der Waals surface area (Å²) in [7, 11) is 0. The monoisotopic (exact) mass is 593 g/mol. The Morgan fingerprint density at radius 3 is 1.48 bits per heavy atom. The van der Waals surface area contributed by atoms with Crippen molar-refractivity contribution in [3.05, 3.63) is 144 Å². The Labute approximate surface area is 260 Å². The molecule has 0 aliphatic carbocycles. The molecule has 0 bridgehead atoms. The van der Waals surface area contributed by atoms with Gasteiger partial charge in [0.05, 0.1) is 39.2 Å². The maximum atomic E-state index is 9.60. The molecular formula is C37H39NO6. The van der Waals surface area contributed by atoms with Crippen LogP contribution in [-0.4, -0.2) is 49.1 Å². The summed E-state index contributed by atoms with van der Waals surface area (Å²) in [5.41, 5.74) is 3.97. The van der Waals surface area contributed by atoms with E-state index in [1.807, 2.05) is 121 Å². The molecule has 228 valence electrons. The van der Waals surface area contributed by atoms with Crippen molar-refractivity contribution in [1.29, 1.82) is 0 Å². The van der Waals surface area contributed by atoms with Gasteiger partial charge < -0.3 is 28.9 Å². The minimum atomic E-state index is -0.850. The number of oxime groups is 1. The van der Waals surface area contributed by atoms with Gasteiger partial charge in [-0.15, -0.1) is 6.42 Å². The Kier molecular flexibility index (Phi) is 14.1. The Bertz CT molecular complexity index is 1380. The van der Waals surface area contributed by atoms with Crippen molar-refractivity contribution in [2.45, 2.75) is 50.8 Å². The highest BCUT2D eigenvalue weighted by atomic mass is 16.6. The molecular weight excluding hydrogens is 554 g/mol. The van der Waals surface area contributed by atoms with Gasteiger partial charge in [-0.25, -0.2) is 0 Å². The van der Waals surface area contributed by atoms with Gasteiger partial charge in [0.15, 0.2) is 0 Å². The summed E-state index contributed by atoms with van der Waals surface area (Å²) in [5, 5.41) is 12.9. The molecule has 7 heteroatoms. The molecule has 0 aliphatic heterocycles. The van der Waals surface area contributed by atoms with Gasteiger partial charge >= 0.3 is 0 Å². The maximum Gasteiger partial charge on any atom is 0.126 e. The fraction of sp³-hybridized carbons (Fsp3) is 0.270. The van der Waals surface area contributed by atoms with Crippen molar-refractivity contribution >= 4 is 6.21 Å². The van der Waals surface area contributed by atoms with Crippen molar-refractivity contribution in [3.63, 3.8) is 0 Å². The fourth-order valence-corrected chi connectivity index (χ4v) is 4.64. The topological polar surface area (TPSA) is 78.7 Å². The third kappa shape index (κ3) is 11.1. The summed E-state index contributed by atoms with van der Waals surface area (Å²) in [6, 6.07) is 39.5. The molecule has 4 aromatic carbocycles. The summed E-state index contributed by atoms with van der Waals surface area (Å²) in [6.07, 6.45) is 3.85. The molecule has 0 saturated heterocycles. The van der Waals surface area contributed by atoms with Gasteiger partial charge in [-0.1, -0.05) is 132 Å². The van der Waals surface area contributed by atoms with Crippen LogP contribution in [0.25, 0.3) is 0 Å². The molecule has 4 rings (SSSR count). The van der Waals surface area contributed by atoms with Gasteiger partial charge in [0.2, 0.25) is 0 Å². The average Bonchev–Trinajstić information content (AvgIpc) is 3.08. The highest BCUT2D eigenvalue weighted by molar-refractivity contribution is 5.63. The van der Waals surface area contributed by atoms with Crippen LogP contribution in [0.1, 0.15) is 22.3 Å². The first-order chi connectivity index (χ1) is 21.8. The minimum Gasteiger partial charge on any atom is -0.411 e. The SMILES string of the molecule is C#CCO[C@@H](/C=N\O)[C@@H](OCc1ccccc1)[C@H](OCc1ccccc1)[C@@H](COCc1ccccc1)OCc1ccccc1. The van der Waals surface area contributed by atoms with Crippen LogP contribution in [0.15, 0.2) is 126 Å². The number of nitrogens with zero attached hydrogens (tertiary/aromatic N) is 1. The van der Waals surface area contributed by atoms with Crippen molar-refractivity contribution < 1.29 is 28.9 Å². The van der Waals surface area contributed by atoms with E-state index in [1.54, 1.807) is 0 Å². The number of ether oxygens (including phenoxy) is 5. The molecule has 0 saturated carbocycles. The van der Waals surface area contributed by atoms with Crippen LogP contribution < -0.4 is 0 Å². The van der Waals surface area contributed by atoms with Crippen LogP contribution in [0.5, 0.6) is 0 Å². The van der Waals surface area contributed by atoms with E-state index in [4.69, 9.17) is 30.1 Å². The molecule has 4 atom stereocenters. The number of hydrogen-bond acceptors (Lipinski definition) is 7. The van der Waals surface area contributed by atoms with Crippen molar-refractivity contribution in [2.75, 3.05) is 13.2 Å². The standard InChI is InChI=1S/C37H39NO6/c1-2-23-41-34(24-38-39)36(43-27-32-19-11-5-12-20-32)37(44-28-33-21-13-6-14-22-33)35(42-26-31-17-9-4-10-18-31)29-40-25-30-15-7-3-8-16-30/h1,3-22,24,34-37,39H,23,25-29H2/b38-24-/t34-,35+,36+,37+/m0/s1. The predicted octanol–water partition coefficient (Wildman–Crippen LogP) is 6.44. The highest BCUT2D eigenvalue weighted by Gasteiger charge is 2.38. The second-order valence-corrected chi connectivity index (χ2v) is 10.1. The third-order valence-electron chi connectivity index (χ3n) is 6.86. The molecule has 0 aromatic heterocycles. The number of rotatable bonds is 19. The third-order valence-corrected chi connectivity index (χ3v) is 6.86. The van der Waals surface area contributed by atoms with Crippen LogP contribution in [0.3, 0.4) is 0 Å². The number of benzene rings is 4. The molecule has 0 aliphatic rings. The normalized spacial score (nSPS) is 14.1. The van der Waals surface area contributed by atoms with Crippen molar-refractivity contribution in [2.24, 2.45) is 5.16 Å². The molecule has 0 spiro atoms. The van der Waals surface area contributed by atoms with Gasteiger partial charge in [0, 0.05) is 0 Å². The number of hydrogen-bond donors (Lipinski definition) is 1. The average molecular weight is 594 g/mol. The first kappa shape index (κ1) is 32.6. The van der Waals surface area contributed by atoms with Crippen molar-refractivity contribution in [1.82, 2.24) is 0 Å². The van der Waals surface area contributed by atoms with Crippen LogP contribution in [0, 0.1) is 12.3 Å². The summed E-state index contributed by atoms with van der Waals surface area (Å²) in [4.78, 5) is 0. The van der Waals surface area contributed by atoms with Crippen molar-refractivity contribution in [3.8, 4) is 12.3 Å². The van der Waals surface area contributed by atoms with E-state index in [1.165, 1.54) is 6.21 Å². The summed E-state index contributed by atoms with van der Waals surface area (Å²) in [5.74, 6) is 2.49. The van der Waals surface area contributed by atoms with E-state index in [0.717, 1.165) is 22.3 Å². The van der Waals surface area contributed by atoms with Gasteiger partial charge in [-0.05, 0) is 22.3 Å². The van der Waals surface area contributed by atoms with Gasteiger partial charge in [0.1, 0.15) is 31.0 Å². The molecule has 44 heavy (non-hydrogen) atoms. The molecule has 7 nitrogen and oxygen atoms in total. The highest BCUT2D eigenvalue weighted by Crippen LogP contribution is 2.23. The Hall–Kier alpha value is -4.29. The van der Waals surface area contributed by atoms with Crippen LogP contribution in [0.2, 0.25) is 0 Å². The molecule has 0 unspecified atom stereocenters. The van der Waals surface area contributed by atoms with E-state index in [9.17, 15) is 5.21 Å². The lowest BCUT2D eigenvalue weighted by Crippen LogP contribution is -2.51. The van der Waals surface area contributed by atoms with E-state index in [0.29, 0.717) is 13.2 Å². The molecule has 1 N–H and O–H groups in total. The zero-order valence-corrected chi connectivity index (χ0v) is 24.7. The van der Waals surface area contributed by atoms with Crippen LogP contribution in [0.4, 0.5) is 0 Å². The fourth-order valence-electron chi connectivity index (χ4n) is 4.64. The zero-order valence-electron chi connectivity index (χ0n) is 24.7. The Balaban J connectivity index is 1.66. The van der Waals surface area contributed by atoms with Crippen LogP contribution in [-0.2, 0) is 50.1 Å². The first-order valence-electron chi connectivity index (χ1n) is 14.6. The minimum absolute atomic E-state index is 0.0205. The molecule has 0 radical (unpaired) electrons. The van der Waals surface area contributed by atoms with E-state index < -0.39 is 24.4 Å². The number of terminal acetylenes is 1. The lowest BCUT2D eigenvalue weighted by Gasteiger charge is -2.36. The van der Waals surface area contributed by atoms with Crippen LogP contribution >= 0.6 is 0 Å². The van der Waals surface area contributed by atoms with Gasteiger partial charge in [0.25, 0.3) is 0 Å². The molecule has 4 aromatic rings. The second-order valence-electron chi connectivity index (χ2n) is 10.1. The second kappa shape index (κ2) is 19.1. The smallest absolute Gasteiger partial charge is 0.126 e. The maximum absolute atomic E-state index is 9.60. The first-order valence-corrected chi connectivity index (χ1v) is 14.6. The van der Waals surface area contributed by atoms with Gasteiger partial charge in [-0.3, -0.25) is 0 Å². The molecule has 0 heterocycles. The lowest BCUT2D eigenvalue weighted by atomic mass is 10.0. The summed E-state index contributed by atoms with van der Waals surface area (Å²) in [6.45, 7) is 1.42.